The Morgan fingerprint density at radius 3 is 2.29 bits per heavy atom. The Labute approximate surface area is 214 Å². The van der Waals surface area contributed by atoms with E-state index in [9.17, 15) is 4.79 Å². The molecule has 0 aliphatic heterocycles. The molecule has 1 unspecified atom stereocenters. The quantitative estimate of drug-likeness (QED) is 0.256. The van der Waals surface area contributed by atoms with Gasteiger partial charge in [0.25, 0.3) is 0 Å². The van der Waals surface area contributed by atoms with Gasteiger partial charge in [-0.05, 0) is 42.8 Å². The van der Waals surface area contributed by atoms with Gasteiger partial charge in [0, 0.05) is 21.8 Å². The average Bonchev–Trinajstić information content (AvgIpc) is 2.88. The van der Waals surface area contributed by atoms with Gasteiger partial charge in [0.05, 0.1) is 46.2 Å². The predicted molar refractivity (Wildman–Crippen MR) is 140 cm³/mol. The molecule has 3 aromatic rings. The van der Waals surface area contributed by atoms with Crippen molar-refractivity contribution in [3.63, 3.8) is 0 Å². The molecule has 0 saturated carbocycles. The highest BCUT2D eigenvalue weighted by molar-refractivity contribution is 9.10. The van der Waals surface area contributed by atoms with Crippen molar-refractivity contribution in [3.8, 4) is 17.2 Å². The molecule has 1 N–H and O–H groups in total. The Balaban J connectivity index is 2.02. The van der Waals surface area contributed by atoms with Crippen LogP contribution in [0.3, 0.4) is 0 Å². The monoisotopic (exact) mass is 540 g/mol. The van der Waals surface area contributed by atoms with E-state index in [4.69, 9.17) is 23.9 Å². The van der Waals surface area contributed by atoms with Crippen LogP contribution in [0.2, 0.25) is 0 Å². The average molecular weight is 541 g/mol. The fraction of sp³-hybridized carbons (Fsp3) is 0.259. The largest absolute Gasteiger partial charge is 0.493 e. The third kappa shape index (κ3) is 6.83. The minimum atomic E-state index is -0.314. The van der Waals surface area contributed by atoms with Gasteiger partial charge in [-0.3, -0.25) is 15.1 Å². The molecular weight excluding hydrogens is 512 g/mol. The Morgan fingerprint density at radius 1 is 1.00 bits per heavy atom. The number of hydrogen-bond donors (Lipinski definition) is 1. The molecule has 8 heteroatoms. The zero-order valence-corrected chi connectivity index (χ0v) is 21.8. The molecule has 0 radical (unpaired) electrons. The van der Waals surface area contributed by atoms with Crippen molar-refractivity contribution in [1.29, 1.82) is 0 Å². The number of carbonyl (C=O) groups is 1. The smallest absolute Gasteiger partial charge is 0.319 e. The number of methoxy groups -OCH3 is 3. The number of benzene rings is 3. The van der Waals surface area contributed by atoms with Crippen LogP contribution in [0.4, 0.5) is 5.69 Å². The van der Waals surface area contributed by atoms with Gasteiger partial charge in [0.2, 0.25) is 5.75 Å². The Kier molecular flexibility index (Phi) is 9.69. The van der Waals surface area contributed by atoms with E-state index < -0.39 is 0 Å². The van der Waals surface area contributed by atoms with Crippen LogP contribution in [0.5, 0.6) is 17.2 Å². The molecule has 184 valence electrons. The van der Waals surface area contributed by atoms with Crippen LogP contribution in [0.25, 0.3) is 0 Å². The maximum absolute atomic E-state index is 12.1. The Hall–Kier alpha value is -3.36. The van der Waals surface area contributed by atoms with Crippen molar-refractivity contribution < 1.29 is 23.7 Å². The van der Waals surface area contributed by atoms with Gasteiger partial charge in [0.1, 0.15) is 0 Å². The van der Waals surface area contributed by atoms with Crippen LogP contribution in [0.1, 0.15) is 29.7 Å². The maximum atomic E-state index is 12.1. The minimum absolute atomic E-state index is 0.0654. The number of ether oxygens (including phenoxy) is 4. The minimum Gasteiger partial charge on any atom is -0.493 e. The Morgan fingerprint density at radius 2 is 1.69 bits per heavy atom. The zero-order valence-electron chi connectivity index (χ0n) is 20.2. The number of aliphatic imine (C=N–C) groups is 1. The standard InChI is InChI=1S/C27H29BrN2O5/c1-5-35-25(31)17-30-26(19-9-7-6-8-10-19)21-15-20(28)11-12-22(21)29-16-18-13-23(32-2)27(34-4)24(14-18)33-3/h6-16,26,30H,5,17H2,1-4H3. The molecule has 0 amide bonds. The maximum Gasteiger partial charge on any atom is 0.319 e. The van der Waals surface area contributed by atoms with Gasteiger partial charge in [0.15, 0.2) is 11.5 Å². The summed E-state index contributed by atoms with van der Waals surface area (Å²) in [6, 6.07) is 19.1. The third-order valence-corrected chi connectivity index (χ3v) is 5.72. The molecule has 0 aromatic heterocycles. The SMILES string of the molecule is CCOC(=O)CNC(c1ccccc1)c1cc(Br)ccc1N=Cc1cc(OC)c(OC)c(OC)c1. The van der Waals surface area contributed by atoms with Crippen molar-refractivity contribution in [1.82, 2.24) is 5.32 Å². The van der Waals surface area contributed by atoms with Crippen molar-refractivity contribution >= 4 is 33.8 Å². The summed E-state index contributed by atoms with van der Waals surface area (Å²) in [6.07, 6.45) is 1.74. The van der Waals surface area contributed by atoms with E-state index >= 15 is 0 Å². The van der Waals surface area contributed by atoms with Crippen LogP contribution < -0.4 is 19.5 Å². The highest BCUT2D eigenvalue weighted by Crippen LogP contribution is 2.38. The van der Waals surface area contributed by atoms with Gasteiger partial charge >= 0.3 is 5.97 Å². The summed E-state index contributed by atoms with van der Waals surface area (Å²) in [5, 5.41) is 3.33. The first-order valence-corrected chi connectivity index (χ1v) is 11.9. The molecular formula is C27H29BrN2O5. The van der Waals surface area contributed by atoms with E-state index in [1.165, 1.54) is 0 Å². The van der Waals surface area contributed by atoms with E-state index in [1.807, 2.05) is 60.7 Å². The molecule has 3 rings (SSSR count). The van der Waals surface area contributed by atoms with Gasteiger partial charge in [-0.15, -0.1) is 0 Å². The summed E-state index contributed by atoms with van der Waals surface area (Å²) in [7, 11) is 4.71. The van der Waals surface area contributed by atoms with E-state index in [-0.39, 0.29) is 18.6 Å². The number of rotatable bonds is 11. The fourth-order valence-corrected chi connectivity index (χ4v) is 4.02. The first-order valence-electron chi connectivity index (χ1n) is 11.1. The zero-order chi connectivity index (χ0) is 25.2. The van der Waals surface area contributed by atoms with E-state index in [0.29, 0.717) is 23.9 Å². The highest BCUT2D eigenvalue weighted by Gasteiger charge is 2.19. The topological polar surface area (TPSA) is 78.4 Å². The molecule has 3 aromatic carbocycles. The molecule has 0 bridgehead atoms. The summed E-state index contributed by atoms with van der Waals surface area (Å²) < 4.78 is 22.3. The van der Waals surface area contributed by atoms with E-state index in [0.717, 1.165) is 26.9 Å². The summed E-state index contributed by atoms with van der Waals surface area (Å²) in [4.78, 5) is 16.9. The summed E-state index contributed by atoms with van der Waals surface area (Å²) in [5.74, 6) is 1.29. The molecule has 0 heterocycles. The molecule has 0 aliphatic rings. The van der Waals surface area contributed by atoms with Crippen molar-refractivity contribution in [2.75, 3.05) is 34.5 Å². The Bertz CT molecular complexity index is 1140. The molecule has 0 spiro atoms. The van der Waals surface area contributed by atoms with Gasteiger partial charge in [-0.2, -0.15) is 0 Å². The summed E-state index contributed by atoms with van der Waals surface area (Å²) in [6.45, 7) is 2.19. The van der Waals surface area contributed by atoms with Crippen LogP contribution in [0.15, 0.2) is 70.1 Å². The normalized spacial score (nSPS) is 11.8. The fourth-order valence-electron chi connectivity index (χ4n) is 3.64. The lowest BCUT2D eigenvalue weighted by Crippen LogP contribution is -2.29. The summed E-state index contributed by atoms with van der Waals surface area (Å²) in [5.41, 5.74) is 3.42. The van der Waals surface area contributed by atoms with Crippen LogP contribution >= 0.6 is 15.9 Å². The molecule has 0 aliphatic carbocycles. The number of nitrogens with one attached hydrogen (secondary N) is 1. The second-order valence-corrected chi connectivity index (χ2v) is 8.37. The van der Waals surface area contributed by atoms with Crippen LogP contribution in [0, 0.1) is 0 Å². The lowest BCUT2D eigenvalue weighted by Gasteiger charge is -2.21. The third-order valence-electron chi connectivity index (χ3n) is 5.23. The molecule has 35 heavy (non-hydrogen) atoms. The van der Waals surface area contributed by atoms with Gasteiger partial charge < -0.3 is 18.9 Å². The van der Waals surface area contributed by atoms with Gasteiger partial charge in [-0.25, -0.2) is 0 Å². The second-order valence-electron chi connectivity index (χ2n) is 7.45. The molecule has 0 saturated heterocycles. The molecule has 0 fully saturated rings. The lowest BCUT2D eigenvalue weighted by atomic mass is 9.97. The van der Waals surface area contributed by atoms with Crippen LogP contribution in [-0.4, -0.2) is 46.7 Å². The lowest BCUT2D eigenvalue weighted by molar-refractivity contribution is -0.142. The van der Waals surface area contributed by atoms with Gasteiger partial charge in [-0.1, -0.05) is 46.3 Å². The first kappa shape index (κ1) is 26.2. The number of esters is 1. The van der Waals surface area contributed by atoms with E-state index in [1.54, 1.807) is 34.5 Å². The summed E-state index contributed by atoms with van der Waals surface area (Å²) >= 11 is 3.57. The first-order chi connectivity index (χ1) is 17.0. The highest BCUT2D eigenvalue weighted by atomic mass is 79.9. The predicted octanol–water partition coefficient (Wildman–Crippen LogP) is 5.47. The molecule has 1 atom stereocenters. The van der Waals surface area contributed by atoms with Crippen LogP contribution in [-0.2, 0) is 9.53 Å². The van der Waals surface area contributed by atoms with Crippen molar-refractivity contribution in [2.24, 2.45) is 4.99 Å². The number of nitrogens with zero attached hydrogens (tertiary/aromatic N) is 1. The molecule has 7 nitrogen and oxygen atoms in total. The van der Waals surface area contributed by atoms with Crippen molar-refractivity contribution in [3.05, 3.63) is 81.8 Å². The number of carbonyl (C=O) groups excluding carboxylic acids is 1. The van der Waals surface area contributed by atoms with Crippen molar-refractivity contribution in [2.45, 2.75) is 13.0 Å². The number of hydrogen-bond acceptors (Lipinski definition) is 7. The second kappa shape index (κ2) is 12.9. The number of halogens is 1. The van der Waals surface area contributed by atoms with E-state index in [2.05, 4.69) is 21.2 Å².